The van der Waals surface area contributed by atoms with Crippen molar-refractivity contribution in [1.29, 1.82) is 0 Å². The van der Waals surface area contributed by atoms with Crippen LogP contribution in [-0.2, 0) is 16.0 Å². The number of rotatable bonds is 2. The van der Waals surface area contributed by atoms with Crippen LogP contribution in [0, 0.1) is 0 Å². The molecule has 4 heteroatoms. The molecule has 0 spiro atoms. The van der Waals surface area contributed by atoms with Crippen LogP contribution >= 0.6 is 0 Å². The molecule has 0 fully saturated rings. The Morgan fingerprint density at radius 2 is 1.58 bits per heavy atom. The number of aryl methyl sites for hydroxylation is 1. The number of benzene rings is 2. The maximum atomic E-state index is 12.8. The van der Waals surface area contributed by atoms with E-state index in [1.165, 1.54) is 10.5 Å². The first-order valence-electron chi connectivity index (χ1n) is 8.16. The van der Waals surface area contributed by atoms with E-state index in [4.69, 9.17) is 0 Å². The van der Waals surface area contributed by atoms with Crippen LogP contribution in [0.25, 0.3) is 5.57 Å². The maximum Gasteiger partial charge on any atom is 0.277 e. The van der Waals surface area contributed by atoms with E-state index in [1.807, 2.05) is 53.4 Å². The predicted octanol–water partition coefficient (Wildman–Crippen LogP) is 2.85. The molecular formula is C20H18N2O2. The summed E-state index contributed by atoms with van der Waals surface area (Å²) in [5.41, 5.74) is 4.04. The summed E-state index contributed by atoms with van der Waals surface area (Å²) in [6.45, 7) is 0.746. The van der Waals surface area contributed by atoms with Crippen molar-refractivity contribution in [1.82, 2.24) is 4.90 Å². The van der Waals surface area contributed by atoms with E-state index in [-0.39, 0.29) is 11.8 Å². The molecule has 24 heavy (non-hydrogen) atoms. The Hall–Kier alpha value is -2.88. The van der Waals surface area contributed by atoms with Crippen molar-refractivity contribution in [3.63, 3.8) is 0 Å². The Morgan fingerprint density at radius 1 is 0.875 bits per heavy atom. The van der Waals surface area contributed by atoms with Gasteiger partial charge in [0.25, 0.3) is 11.8 Å². The zero-order chi connectivity index (χ0) is 16.7. The summed E-state index contributed by atoms with van der Waals surface area (Å²) in [6, 6.07) is 17.6. The molecule has 0 aromatic heterocycles. The Labute approximate surface area is 141 Å². The fraction of sp³-hybridized carbons (Fsp3) is 0.200. The van der Waals surface area contributed by atoms with Gasteiger partial charge in [-0.15, -0.1) is 0 Å². The van der Waals surface area contributed by atoms with Crippen molar-refractivity contribution >= 4 is 23.1 Å². The molecule has 4 nitrogen and oxygen atoms in total. The lowest BCUT2D eigenvalue weighted by molar-refractivity contribution is -0.135. The first-order valence-corrected chi connectivity index (χ1v) is 8.16. The number of carbonyl (C=O) groups excluding carboxylic acids is 2. The normalized spacial score (nSPS) is 17.5. The highest BCUT2D eigenvalue weighted by Gasteiger charge is 2.40. The highest BCUT2D eigenvalue weighted by Crippen LogP contribution is 2.37. The number of amides is 2. The standard InChI is InChI=1S/C20H18N2O2/c1-21-19(23)17(15-9-3-2-4-10-15)18(20(21)24)22-13-7-11-14-8-5-6-12-16(14)22/h2-6,8-10,12H,7,11,13H2,1H3. The predicted molar refractivity (Wildman–Crippen MR) is 93.2 cm³/mol. The van der Waals surface area contributed by atoms with Crippen molar-refractivity contribution in [3.05, 3.63) is 71.4 Å². The number of fused-ring (bicyclic) bond motifs is 1. The van der Waals surface area contributed by atoms with Gasteiger partial charge in [0.1, 0.15) is 5.70 Å². The second-order valence-electron chi connectivity index (χ2n) is 6.14. The fourth-order valence-electron chi connectivity index (χ4n) is 3.51. The first kappa shape index (κ1) is 14.7. The Balaban J connectivity index is 1.92. The SMILES string of the molecule is CN1C(=O)C(c2ccccc2)=C(N2CCCc3ccccc32)C1=O. The smallest absolute Gasteiger partial charge is 0.277 e. The second-order valence-corrected chi connectivity index (χ2v) is 6.14. The summed E-state index contributed by atoms with van der Waals surface area (Å²) in [6.07, 6.45) is 1.96. The van der Waals surface area contributed by atoms with Gasteiger partial charge in [-0.1, -0.05) is 48.5 Å². The quantitative estimate of drug-likeness (QED) is 0.800. The number of carbonyl (C=O) groups is 2. The van der Waals surface area contributed by atoms with E-state index in [0.29, 0.717) is 11.3 Å². The van der Waals surface area contributed by atoms with Crippen LogP contribution in [0.4, 0.5) is 5.69 Å². The lowest BCUT2D eigenvalue weighted by atomic mass is 9.98. The average Bonchev–Trinajstić information content (AvgIpc) is 2.86. The van der Waals surface area contributed by atoms with Crippen LogP contribution in [0.15, 0.2) is 60.3 Å². The average molecular weight is 318 g/mol. The molecule has 0 radical (unpaired) electrons. The largest absolute Gasteiger partial charge is 0.336 e. The molecule has 2 aliphatic heterocycles. The van der Waals surface area contributed by atoms with Crippen molar-refractivity contribution in [2.45, 2.75) is 12.8 Å². The lowest BCUT2D eigenvalue weighted by Gasteiger charge is -2.31. The third kappa shape index (κ3) is 2.14. The third-order valence-corrected chi connectivity index (χ3v) is 4.71. The van der Waals surface area contributed by atoms with Crippen LogP contribution in [0.2, 0.25) is 0 Å². The molecule has 4 rings (SSSR count). The number of para-hydroxylation sites is 1. The molecule has 120 valence electrons. The molecule has 0 unspecified atom stereocenters. The molecule has 0 aliphatic carbocycles. The van der Waals surface area contributed by atoms with Gasteiger partial charge >= 0.3 is 0 Å². The van der Waals surface area contributed by atoms with Crippen molar-refractivity contribution in [2.24, 2.45) is 0 Å². The van der Waals surface area contributed by atoms with Crippen LogP contribution < -0.4 is 4.90 Å². The Bertz CT molecular complexity index is 855. The minimum Gasteiger partial charge on any atom is -0.336 e. The molecule has 0 N–H and O–H groups in total. The molecule has 2 aromatic carbocycles. The van der Waals surface area contributed by atoms with E-state index in [2.05, 4.69) is 6.07 Å². The second kappa shape index (κ2) is 5.64. The number of nitrogens with zero attached hydrogens (tertiary/aromatic N) is 2. The van der Waals surface area contributed by atoms with Crippen LogP contribution in [-0.4, -0.2) is 30.3 Å². The lowest BCUT2D eigenvalue weighted by Crippen LogP contribution is -2.35. The molecule has 2 aliphatic rings. The van der Waals surface area contributed by atoms with Gasteiger partial charge in [-0.2, -0.15) is 0 Å². The van der Waals surface area contributed by atoms with Crippen molar-refractivity contribution in [2.75, 3.05) is 18.5 Å². The molecule has 0 bridgehead atoms. The van der Waals surface area contributed by atoms with E-state index < -0.39 is 0 Å². The van der Waals surface area contributed by atoms with Gasteiger partial charge in [0.2, 0.25) is 0 Å². The third-order valence-electron chi connectivity index (χ3n) is 4.71. The number of hydrogen-bond donors (Lipinski definition) is 0. The maximum absolute atomic E-state index is 12.8. The summed E-state index contributed by atoms with van der Waals surface area (Å²) in [5, 5.41) is 0. The van der Waals surface area contributed by atoms with Gasteiger partial charge in [-0.3, -0.25) is 14.5 Å². The van der Waals surface area contributed by atoms with Gasteiger partial charge < -0.3 is 4.90 Å². The zero-order valence-corrected chi connectivity index (χ0v) is 13.5. The number of likely N-dealkylation sites (N-methyl/N-ethyl adjacent to an activating group) is 1. The monoisotopic (exact) mass is 318 g/mol. The fourth-order valence-corrected chi connectivity index (χ4v) is 3.51. The summed E-state index contributed by atoms with van der Waals surface area (Å²) in [5.74, 6) is -0.459. The van der Waals surface area contributed by atoms with Gasteiger partial charge in [-0.05, 0) is 30.0 Å². The van der Waals surface area contributed by atoms with Crippen LogP contribution in [0.5, 0.6) is 0 Å². The summed E-state index contributed by atoms with van der Waals surface area (Å²) >= 11 is 0. The van der Waals surface area contributed by atoms with Gasteiger partial charge in [0.05, 0.1) is 5.57 Å². The topological polar surface area (TPSA) is 40.6 Å². The highest BCUT2D eigenvalue weighted by atomic mass is 16.2. The van der Waals surface area contributed by atoms with Gasteiger partial charge in [-0.25, -0.2) is 0 Å². The Morgan fingerprint density at radius 3 is 2.38 bits per heavy atom. The molecular weight excluding hydrogens is 300 g/mol. The minimum absolute atomic E-state index is 0.226. The number of hydrogen-bond acceptors (Lipinski definition) is 3. The minimum atomic E-state index is -0.232. The Kier molecular flexibility index (Phi) is 3.45. The summed E-state index contributed by atoms with van der Waals surface area (Å²) in [4.78, 5) is 28.8. The molecule has 0 saturated heterocycles. The highest BCUT2D eigenvalue weighted by molar-refractivity contribution is 6.36. The van der Waals surface area contributed by atoms with Crippen LogP contribution in [0.1, 0.15) is 17.5 Å². The van der Waals surface area contributed by atoms with Gasteiger partial charge in [0.15, 0.2) is 0 Å². The number of imide groups is 1. The van der Waals surface area contributed by atoms with Crippen molar-refractivity contribution in [3.8, 4) is 0 Å². The van der Waals surface area contributed by atoms with Crippen molar-refractivity contribution < 1.29 is 9.59 Å². The molecule has 2 heterocycles. The van der Waals surface area contributed by atoms with Gasteiger partial charge in [0, 0.05) is 19.3 Å². The number of anilines is 1. The molecule has 2 aromatic rings. The zero-order valence-electron chi connectivity index (χ0n) is 13.5. The molecule has 2 amide bonds. The van der Waals surface area contributed by atoms with E-state index >= 15 is 0 Å². The summed E-state index contributed by atoms with van der Waals surface area (Å²) in [7, 11) is 1.55. The van der Waals surface area contributed by atoms with Crippen LogP contribution in [0.3, 0.4) is 0 Å². The first-order chi connectivity index (χ1) is 11.7. The molecule has 0 saturated carbocycles. The van der Waals surface area contributed by atoms with E-state index in [0.717, 1.165) is 30.6 Å². The van der Waals surface area contributed by atoms with E-state index in [1.54, 1.807) is 7.05 Å². The molecule has 0 atom stereocenters. The van der Waals surface area contributed by atoms with E-state index in [9.17, 15) is 9.59 Å². The summed E-state index contributed by atoms with van der Waals surface area (Å²) < 4.78 is 0.